The van der Waals surface area contributed by atoms with Gasteiger partial charge in [0.1, 0.15) is 0 Å². The summed E-state index contributed by atoms with van der Waals surface area (Å²) in [5.74, 6) is 0. The molecule has 2 rings (SSSR count). The molecule has 0 aliphatic rings. The third-order valence-electron chi connectivity index (χ3n) is 3.30. The number of hydrogen-bond acceptors (Lipinski definition) is 2. The molecule has 0 aliphatic carbocycles. The molecular formula is C17H22ClNS. The largest absolute Gasteiger partial charge is 0.306 e. The lowest BCUT2D eigenvalue weighted by molar-refractivity contribution is 0.605. The van der Waals surface area contributed by atoms with Crippen LogP contribution in [0, 0.1) is 0 Å². The topological polar surface area (TPSA) is 12.0 Å². The van der Waals surface area contributed by atoms with Crippen molar-refractivity contribution in [3.8, 4) is 0 Å². The predicted octanol–water partition coefficient (Wildman–Crippen LogP) is 5.44. The Labute approximate surface area is 131 Å². The summed E-state index contributed by atoms with van der Waals surface area (Å²) in [5, 5.41) is 3.64. The maximum absolute atomic E-state index is 6.10. The van der Waals surface area contributed by atoms with Crippen molar-refractivity contribution >= 4 is 22.9 Å². The van der Waals surface area contributed by atoms with Crippen LogP contribution >= 0.6 is 22.9 Å². The Hall–Kier alpha value is -0.830. The van der Waals surface area contributed by atoms with E-state index in [4.69, 9.17) is 11.6 Å². The molecule has 1 heterocycles. The number of benzene rings is 1. The quantitative estimate of drug-likeness (QED) is 0.718. The molecule has 1 N–H and O–H groups in total. The Morgan fingerprint density at radius 3 is 2.65 bits per heavy atom. The van der Waals surface area contributed by atoms with Crippen LogP contribution in [-0.4, -0.2) is 6.54 Å². The van der Waals surface area contributed by atoms with E-state index in [1.54, 1.807) is 11.3 Å². The SMILES string of the molecule is CCCNC(c1cccc(CCC)c1)c1ccc(Cl)s1. The average molecular weight is 308 g/mol. The highest BCUT2D eigenvalue weighted by Crippen LogP contribution is 2.31. The van der Waals surface area contributed by atoms with Crippen LogP contribution in [0.25, 0.3) is 0 Å². The Kier molecular flexibility index (Phi) is 6.08. The van der Waals surface area contributed by atoms with Crippen LogP contribution in [0.15, 0.2) is 36.4 Å². The van der Waals surface area contributed by atoms with Crippen molar-refractivity contribution in [2.24, 2.45) is 0 Å². The van der Waals surface area contributed by atoms with E-state index in [-0.39, 0.29) is 6.04 Å². The third-order valence-corrected chi connectivity index (χ3v) is 4.60. The zero-order valence-corrected chi connectivity index (χ0v) is 13.7. The van der Waals surface area contributed by atoms with Gasteiger partial charge in [0.2, 0.25) is 0 Å². The second-order valence-corrected chi connectivity index (χ2v) is 6.77. The van der Waals surface area contributed by atoms with Gasteiger partial charge in [-0.2, -0.15) is 0 Å². The molecule has 0 radical (unpaired) electrons. The van der Waals surface area contributed by atoms with E-state index in [0.717, 1.165) is 23.7 Å². The smallest absolute Gasteiger partial charge is 0.0931 e. The summed E-state index contributed by atoms with van der Waals surface area (Å²) >= 11 is 7.76. The maximum Gasteiger partial charge on any atom is 0.0931 e. The summed E-state index contributed by atoms with van der Waals surface area (Å²) in [5.41, 5.74) is 2.75. The lowest BCUT2D eigenvalue weighted by Gasteiger charge is -2.18. The summed E-state index contributed by atoms with van der Waals surface area (Å²) in [7, 11) is 0. The van der Waals surface area contributed by atoms with Gasteiger partial charge in [0.25, 0.3) is 0 Å². The van der Waals surface area contributed by atoms with E-state index in [1.165, 1.54) is 22.4 Å². The number of aryl methyl sites for hydroxylation is 1. The lowest BCUT2D eigenvalue weighted by Crippen LogP contribution is -2.22. The fourth-order valence-electron chi connectivity index (χ4n) is 2.37. The van der Waals surface area contributed by atoms with Gasteiger partial charge in [-0.1, -0.05) is 56.1 Å². The fourth-order valence-corrected chi connectivity index (χ4v) is 3.54. The first-order chi connectivity index (χ1) is 9.74. The third kappa shape index (κ3) is 4.08. The molecule has 0 aliphatic heterocycles. The molecule has 1 aromatic carbocycles. The fraction of sp³-hybridized carbons (Fsp3) is 0.412. The van der Waals surface area contributed by atoms with Crippen LogP contribution in [0.3, 0.4) is 0 Å². The van der Waals surface area contributed by atoms with Crippen LogP contribution in [0.2, 0.25) is 4.34 Å². The van der Waals surface area contributed by atoms with E-state index >= 15 is 0 Å². The van der Waals surface area contributed by atoms with Gasteiger partial charge in [0.15, 0.2) is 0 Å². The van der Waals surface area contributed by atoms with Gasteiger partial charge >= 0.3 is 0 Å². The number of nitrogens with one attached hydrogen (secondary N) is 1. The van der Waals surface area contributed by atoms with Gasteiger partial charge < -0.3 is 5.32 Å². The standard InChI is InChI=1S/C17H22ClNS/c1-3-6-13-7-5-8-14(12-13)17(19-11-4-2)15-9-10-16(18)20-15/h5,7-10,12,17,19H,3-4,6,11H2,1-2H3. The Balaban J connectivity index is 2.28. The number of rotatable bonds is 7. The first-order valence-corrected chi connectivity index (χ1v) is 8.51. The summed E-state index contributed by atoms with van der Waals surface area (Å²) in [6, 6.07) is 13.3. The number of hydrogen-bond donors (Lipinski definition) is 1. The Bertz CT molecular complexity index is 535. The average Bonchev–Trinajstić information content (AvgIpc) is 2.87. The molecule has 1 atom stereocenters. The first kappa shape index (κ1) is 15.6. The van der Waals surface area contributed by atoms with Crippen molar-refractivity contribution in [1.29, 1.82) is 0 Å². The number of halogens is 1. The van der Waals surface area contributed by atoms with Gasteiger partial charge in [-0.15, -0.1) is 11.3 Å². The number of thiophene rings is 1. The molecule has 0 saturated carbocycles. The maximum atomic E-state index is 6.10. The van der Waals surface area contributed by atoms with Crippen molar-refractivity contribution in [3.63, 3.8) is 0 Å². The lowest BCUT2D eigenvalue weighted by atomic mass is 10.0. The van der Waals surface area contributed by atoms with E-state index in [9.17, 15) is 0 Å². The Morgan fingerprint density at radius 1 is 1.15 bits per heavy atom. The zero-order chi connectivity index (χ0) is 14.4. The second kappa shape index (κ2) is 7.82. The molecule has 0 saturated heterocycles. The molecule has 2 aromatic rings. The second-order valence-electron chi connectivity index (χ2n) is 5.02. The zero-order valence-electron chi connectivity index (χ0n) is 12.2. The minimum atomic E-state index is 0.254. The van der Waals surface area contributed by atoms with E-state index in [0.29, 0.717) is 0 Å². The molecule has 20 heavy (non-hydrogen) atoms. The van der Waals surface area contributed by atoms with Gasteiger partial charge in [0.05, 0.1) is 10.4 Å². The van der Waals surface area contributed by atoms with E-state index in [1.807, 2.05) is 6.07 Å². The molecule has 1 nitrogen and oxygen atoms in total. The van der Waals surface area contributed by atoms with Crippen LogP contribution in [0.4, 0.5) is 0 Å². The molecule has 0 fully saturated rings. The normalized spacial score (nSPS) is 12.6. The molecule has 3 heteroatoms. The minimum Gasteiger partial charge on any atom is -0.306 e. The predicted molar refractivity (Wildman–Crippen MR) is 89.9 cm³/mol. The Morgan fingerprint density at radius 2 is 2.00 bits per heavy atom. The van der Waals surface area contributed by atoms with E-state index < -0.39 is 0 Å². The van der Waals surface area contributed by atoms with Crippen molar-refractivity contribution in [1.82, 2.24) is 5.32 Å². The van der Waals surface area contributed by atoms with Gasteiger partial charge in [-0.3, -0.25) is 0 Å². The highest BCUT2D eigenvalue weighted by atomic mass is 35.5. The van der Waals surface area contributed by atoms with Crippen molar-refractivity contribution < 1.29 is 0 Å². The summed E-state index contributed by atoms with van der Waals surface area (Å²) < 4.78 is 0.855. The van der Waals surface area contributed by atoms with Crippen LogP contribution in [0.1, 0.15) is 48.7 Å². The summed E-state index contributed by atoms with van der Waals surface area (Å²) in [6.45, 7) is 5.43. The molecule has 0 bridgehead atoms. The minimum absolute atomic E-state index is 0.254. The molecule has 1 unspecified atom stereocenters. The van der Waals surface area contributed by atoms with Gasteiger partial charge in [-0.05, 0) is 42.6 Å². The highest BCUT2D eigenvalue weighted by Gasteiger charge is 2.15. The molecule has 0 amide bonds. The first-order valence-electron chi connectivity index (χ1n) is 7.32. The van der Waals surface area contributed by atoms with Crippen LogP contribution in [-0.2, 0) is 6.42 Å². The van der Waals surface area contributed by atoms with Gasteiger partial charge in [0, 0.05) is 4.88 Å². The van der Waals surface area contributed by atoms with Crippen LogP contribution in [0.5, 0.6) is 0 Å². The summed E-state index contributed by atoms with van der Waals surface area (Å²) in [6.07, 6.45) is 3.45. The van der Waals surface area contributed by atoms with Crippen LogP contribution < -0.4 is 5.32 Å². The van der Waals surface area contributed by atoms with Crippen molar-refractivity contribution in [2.75, 3.05) is 6.54 Å². The summed E-state index contributed by atoms with van der Waals surface area (Å²) in [4.78, 5) is 1.29. The molecule has 0 spiro atoms. The van der Waals surface area contributed by atoms with E-state index in [2.05, 4.69) is 49.5 Å². The molecular weight excluding hydrogens is 286 g/mol. The van der Waals surface area contributed by atoms with Gasteiger partial charge in [-0.25, -0.2) is 0 Å². The van der Waals surface area contributed by atoms with Crippen molar-refractivity contribution in [2.45, 2.75) is 39.2 Å². The molecule has 108 valence electrons. The van der Waals surface area contributed by atoms with Crippen molar-refractivity contribution in [3.05, 3.63) is 56.7 Å². The highest BCUT2D eigenvalue weighted by molar-refractivity contribution is 7.16. The monoisotopic (exact) mass is 307 g/mol. The molecule has 1 aromatic heterocycles.